The van der Waals surface area contributed by atoms with Crippen LogP contribution in [0.25, 0.3) is 0 Å². The predicted octanol–water partition coefficient (Wildman–Crippen LogP) is 4.22. The molecule has 0 aliphatic heterocycles. The van der Waals surface area contributed by atoms with Gasteiger partial charge in [0.2, 0.25) is 0 Å². The molecule has 0 amide bonds. The summed E-state index contributed by atoms with van der Waals surface area (Å²) in [5.74, 6) is -0.380. The molecule has 0 fully saturated rings. The standard InChI is InChI=1S/C16H36O5Si3/c1-10-18-12-11-13-24(20-22(4,5)6,21-23(7,8)9)14-19-16(17)15(2)3/h2,10-14H2,1,3-9H3. The van der Waals surface area contributed by atoms with Crippen molar-refractivity contribution in [2.75, 3.05) is 19.4 Å². The van der Waals surface area contributed by atoms with Gasteiger partial charge in [-0.2, -0.15) is 0 Å². The maximum absolute atomic E-state index is 11.9. The van der Waals surface area contributed by atoms with E-state index in [1.54, 1.807) is 6.92 Å². The number of carbonyl (C=O) groups is 1. The van der Waals surface area contributed by atoms with E-state index in [1.807, 2.05) is 6.92 Å². The molecule has 0 aromatic rings. The Hall–Kier alpha value is -0.259. The third-order valence-corrected chi connectivity index (χ3v) is 12.4. The monoisotopic (exact) mass is 392 g/mol. The summed E-state index contributed by atoms with van der Waals surface area (Å²) in [5.41, 5.74) is 0.397. The molecule has 0 saturated heterocycles. The van der Waals surface area contributed by atoms with Crippen molar-refractivity contribution < 1.29 is 22.5 Å². The third-order valence-electron chi connectivity index (χ3n) is 2.81. The second-order valence-electron chi connectivity index (χ2n) is 8.00. The van der Waals surface area contributed by atoms with Crippen molar-refractivity contribution in [1.29, 1.82) is 0 Å². The number of rotatable bonds is 12. The first-order valence-electron chi connectivity index (χ1n) is 8.61. The van der Waals surface area contributed by atoms with Crippen LogP contribution in [-0.4, -0.2) is 50.6 Å². The summed E-state index contributed by atoms with van der Waals surface area (Å²) >= 11 is 0. The number of hydrogen-bond donors (Lipinski definition) is 0. The normalized spacial score (nSPS) is 13.0. The topological polar surface area (TPSA) is 54.0 Å². The highest BCUT2D eigenvalue weighted by Crippen LogP contribution is 2.26. The van der Waals surface area contributed by atoms with Crippen molar-refractivity contribution in [2.24, 2.45) is 0 Å². The van der Waals surface area contributed by atoms with Gasteiger partial charge in [-0.05, 0) is 65.6 Å². The van der Waals surface area contributed by atoms with Gasteiger partial charge in [-0.25, -0.2) is 4.79 Å². The van der Waals surface area contributed by atoms with E-state index in [1.165, 1.54) is 0 Å². The van der Waals surface area contributed by atoms with Crippen molar-refractivity contribution in [3.63, 3.8) is 0 Å². The molecule has 0 rings (SSSR count). The number of carbonyl (C=O) groups excluding carboxylic acids is 1. The molecule has 0 N–H and O–H groups in total. The number of hydrogen-bond acceptors (Lipinski definition) is 5. The van der Waals surface area contributed by atoms with Crippen LogP contribution in [0, 0.1) is 0 Å². The SMILES string of the molecule is C=C(C)C(=O)OC[Si](CCCOCC)(O[Si](C)(C)C)O[Si](C)(C)C. The van der Waals surface area contributed by atoms with E-state index < -0.39 is 25.2 Å². The largest absolute Gasteiger partial charge is 0.460 e. The fraction of sp³-hybridized carbons (Fsp3) is 0.812. The smallest absolute Gasteiger partial charge is 0.356 e. The van der Waals surface area contributed by atoms with Gasteiger partial charge in [-0.3, -0.25) is 0 Å². The second-order valence-corrected chi connectivity index (χ2v) is 20.7. The third kappa shape index (κ3) is 11.3. The highest BCUT2D eigenvalue weighted by atomic mass is 28.5. The van der Waals surface area contributed by atoms with Crippen LogP contribution in [0.1, 0.15) is 20.3 Å². The molecule has 0 radical (unpaired) electrons. The minimum Gasteiger partial charge on any atom is -0.460 e. The molecule has 0 unspecified atom stereocenters. The van der Waals surface area contributed by atoms with Gasteiger partial charge in [-0.1, -0.05) is 6.58 Å². The van der Waals surface area contributed by atoms with Crippen molar-refractivity contribution >= 4 is 31.2 Å². The van der Waals surface area contributed by atoms with E-state index in [4.69, 9.17) is 17.7 Å². The average molecular weight is 393 g/mol. The minimum absolute atomic E-state index is 0.222. The van der Waals surface area contributed by atoms with E-state index in [-0.39, 0.29) is 12.2 Å². The lowest BCUT2D eigenvalue weighted by molar-refractivity contribution is -0.137. The van der Waals surface area contributed by atoms with Crippen molar-refractivity contribution in [2.45, 2.75) is 65.6 Å². The van der Waals surface area contributed by atoms with Crippen LogP contribution in [0.5, 0.6) is 0 Å². The summed E-state index contributed by atoms with van der Waals surface area (Å²) in [6.45, 7) is 21.5. The molecule has 0 spiro atoms. The van der Waals surface area contributed by atoms with E-state index in [9.17, 15) is 4.79 Å². The van der Waals surface area contributed by atoms with Crippen LogP contribution in [0.3, 0.4) is 0 Å². The molecule has 0 aliphatic carbocycles. The quantitative estimate of drug-likeness (QED) is 0.215. The first-order chi connectivity index (χ1) is 10.8. The fourth-order valence-corrected chi connectivity index (χ4v) is 14.2. The predicted molar refractivity (Wildman–Crippen MR) is 106 cm³/mol. The highest BCUT2D eigenvalue weighted by molar-refractivity contribution is 6.88. The van der Waals surface area contributed by atoms with Gasteiger partial charge in [0.05, 0.1) is 0 Å². The first kappa shape index (κ1) is 23.7. The molecule has 0 aromatic carbocycles. The lowest BCUT2D eigenvalue weighted by Gasteiger charge is -2.40. The van der Waals surface area contributed by atoms with Gasteiger partial charge in [0.15, 0.2) is 16.6 Å². The highest BCUT2D eigenvalue weighted by Gasteiger charge is 2.45. The molecular weight excluding hydrogens is 356 g/mol. The van der Waals surface area contributed by atoms with Gasteiger partial charge in [0, 0.05) is 18.8 Å². The molecule has 0 aliphatic rings. The molecule has 24 heavy (non-hydrogen) atoms. The molecule has 142 valence electrons. The number of ether oxygens (including phenoxy) is 2. The summed E-state index contributed by atoms with van der Waals surface area (Å²) in [6.07, 6.45) is 1.07. The summed E-state index contributed by atoms with van der Waals surface area (Å²) < 4.78 is 24.0. The minimum atomic E-state index is -2.67. The second kappa shape index (κ2) is 10.0. The van der Waals surface area contributed by atoms with Gasteiger partial charge in [-0.15, -0.1) is 0 Å². The molecule has 5 nitrogen and oxygen atoms in total. The molecule has 0 bridgehead atoms. The lowest BCUT2D eigenvalue weighted by Crippen LogP contribution is -2.58. The zero-order chi connectivity index (χ0) is 19.0. The summed E-state index contributed by atoms with van der Waals surface area (Å²) in [5, 5.41) is 0. The number of esters is 1. The van der Waals surface area contributed by atoms with E-state index in [0.717, 1.165) is 12.5 Å². The Morgan fingerprint density at radius 1 is 1.00 bits per heavy atom. The maximum Gasteiger partial charge on any atom is 0.356 e. The Bertz CT molecular complexity index is 397. The Morgan fingerprint density at radius 2 is 1.50 bits per heavy atom. The van der Waals surface area contributed by atoms with Crippen LogP contribution in [0.15, 0.2) is 12.2 Å². The van der Waals surface area contributed by atoms with Gasteiger partial charge >= 0.3 is 14.5 Å². The van der Waals surface area contributed by atoms with E-state index in [0.29, 0.717) is 18.8 Å². The zero-order valence-corrected chi connectivity index (χ0v) is 19.8. The Morgan fingerprint density at radius 3 is 1.88 bits per heavy atom. The van der Waals surface area contributed by atoms with Gasteiger partial charge < -0.3 is 17.7 Å². The van der Waals surface area contributed by atoms with Crippen LogP contribution in [-0.2, 0) is 22.5 Å². The molecule has 0 saturated carbocycles. The average Bonchev–Trinajstić information content (AvgIpc) is 2.37. The van der Waals surface area contributed by atoms with Crippen molar-refractivity contribution in [3.05, 3.63) is 12.2 Å². The van der Waals surface area contributed by atoms with Crippen LogP contribution in [0.2, 0.25) is 45.3 Å². The fourth-order valence-electron chi connectivity index (χ4n) is 2.26. The maximum atomic E-state index is 11.9. The lowest BCUT2D eigenvalue weighted by atomic mass is 10.4. The molecule has 8 heteroatoms. The Kier molecular flexibility index (Phi) is 9.92. The first-order valence-corrected chi connectivity index (χ1v) is 17.7. The summed E-state index contributed by atoms with van der Waals surface area (Å²) in [6, 6.07) is 0.769. The van der Waals surface area contributed by atoms with Gasteiger partial charge in [0.1, 0.15) is 6.23 Å². The van der Waals surface area contributed by atoms with Crippen molar-refractivity contribution in [1.82, 2.24) is 0 Å². The van der Waals surface area contributed by atoms with Crippen LogP contribution >= 0.6 is 0 Å². The Labute approximate surface area is 151 Å². The molecule has 0 atom stereocenters. The molecular formula is C16H36O5Si3. The van der Waals surface area contributed by atoms with E-state index in [2.05, 4.69) is 45.9 Å². The summed E-state index contributed by atoms with van der Waals surface area (Å²) in [7, 11) is -6.38. The zero-order valence-electron chi connectivity index (χ0n) is 16.8. The van der Waals surface area contributed by atoms with E-state index >= 15 is 0 Å². The molecule has 0 aromatic heterocycles. The summed E-state index contributed by atoms with van der Waals surface area (Å²) in [4.78, 5) is 11.9. The molecule has 0 heterocycles. The Balaban J connectivity index is 5.31. The van der Waals surface area contributed by atoms with Crippen molar-refractivity contribution in [3.8, 4) is 0 Å². The van der Waals surface area contributed by atoms with Gasteiger partial charge in [0.25, 0.3) is 0 Å². The van der Waals surface area contributed by atoms with Crippen LogP contribution < -0.4 is 0 Å². The van der Waals surface area contributed by atoms with Crippen LogP contribution in [0.4, 0.5) is 0 Å².